The molecule has 0 aromatic carbocycles. The second kappa shape index (κ2) is 10.4. The van der Waals surface area contributed by atoms with E-state index >= 15 is 0 Å². The molecule has 4 N–H and O–H groups in total. The normalized spacial score (nSPS) is 22.2. The first kappa shape index (κ1) is 13.3. The van der Waals surface area contributed by atoms with Crippen molar-refractivity contribution < 1.29 is 0 Å². The Labute approximate surface area is 91.0 Å². The van der Waals surface area contributed by atoms with Crippen LogP contribution in [0.5, 0.6) is 0 Å². The zero-order valence-corrected chi connectivity index (χ0v) is 9.78. The fourth-order valence-corrected chi connectivity index (χ4v) is 1.21. The van der Waals surface area contributed by atoms with Crippen molar-refractivity contribution in [3.8, 4) is 0 Å². The minimum absolute atomic E-state index is 0. The van der Waals surface area contributed by atoms with Gasteiger partial charge in [-0.1, -0.05) is 0 Å². The van der Waals surface area contributed by atoms with E-state index in [4.69, 9.17) is 0 Å². The van der Waals surface area contributed by atoms with Gasteiger partial charge in [-0.05, 0) is 0 Å². The van der Waals surface area contributed by atoms with Gasteiger partial charge < -0.3 is 21.3 Å². The Bertz CT molecular complexity index is 59.1. The third-order valence-electron chi connectivity index (χ3n) is 1.91. The van der Waals surface area contributed by atoms with Crippen LogP contribution in [0.25, 0.3) is 0 Å². The van der Waals surface area contributed by atoms with Crippen molar-refractivity contribution in [2.45, 2.75) is 0 Å². The molecule has 0 aromatic rings. The maximum Gasteiger partial charge on any atom is 0.00772 e. The molecule has 0 bridgehead atoms. The number of hydrogen-bond donors (Lipinski definition) is 4. The van der Waals surface area contributed by atoms with Gasteiger partial charge in [-0.3, -0.25) is 0 Å². The van der Waals surface area contributed by atoms with Gasteiger partial charge in [-0.2, -0.15) is 0 Å². The molecule has 0 amide bonds. The molecular weight excluding hydrogens is 232 g/mol. The second-order valence-electron chi connectivity index (χ2n) is 3.00. The molecule has 0 saturated carbocycles. The number of rotatable bonds is 0. The zero-order chi connectivity index (χ0) is 8.49. The van der Waals surface area contributed by atoms with Crippen molar-refractivity contribution in [1.29, 1.82) is 0 Å². The minimum Gasteiger partial charge on any atom is -0.314 e. The lowest BCUT2D eigenvalue weighted by atomic mass is 10.4. The van der Waals surface area contributed by atoms with Gasteiger partial charge in [0.1, 0.15) is 0 Å². The third kappa shape index (κ3) is 8.64. The largest absolute Gasteiger partial charge is 0.314 e. The lowest BCUT2D eigenvalue weighted by molar-refractivity contribution is 0.534. The molecule has 0 unspecified atom stereocenters. The van der Waals surface area contributed by atoms with E-state index in [9.17, 15) is 0 Å². The molecule has 0 spiro atoms. The van der Waals surface area contributed by atoms with E-state index in [1.807, 2.05) is 0 Å². The van der Waals surface area contributed by atoms with Crippen molar-refractivity contribution >= 4 is 17.0 Å². The summed E-state index contributed by atoms with van der Waals surface area (Å²) in [4.78, 5) is 0. The van der Waals surface area contributed by atoms with Crippen molar-refractivity contribution in [2.75, 3.05) is 52.4 Å². The Morgan fingerprint density at radius 1 is 0.385 bits per heavy atom. The summed E-state index contributed by atoms with van der Waals surface area (Å²) in [6, 6.07) is 0. The smallest absolute Gasteiger partial charge is 0.00772 e. The maximum absolute atomic E-state index is 3.36. The van der Waals surface area contributed by atoms with Crippen LogP contribution < -0.4 is 21.3 Å². The maximum atomic E-state index is 3.36. The molecule has 1 saturated heterocycles. The molecule has 1 heterocycles. The zero-order valence-electron chi connectivity index (χ0n) is 8.07. The Kier molecular flexibility index (Phi) is 10.7. The summed E-state index contributed by atoms with van der Waals surface area (Å²) in [6.07, 6.45) is 0. The highest BCUT2D eigenvalue weighted by molar-refractivity contribution is 8.93. The summed E-state index contributed by atoms with van der Waals surface area (Å²) in [7, 11) is 0. The lowest BCUT2D eigenvalue weighted by Gasteiger charge is -2.11. The lowest BCUT2D eigenvalue weighted by Crippen LogP contribution is -2.39. The molecular formula is C8H21BrN4. The van der Waals surface area contributed by atoms with Crippen LogP contribution in [-0.4, -0.2) is 52.4 Å². The Morgan fingerprint density at radius 2 is 0.538 bits per heavy atom. The quantitative estimate of drug-likeness (QED) is 0.444. The number of halogens is 1. The van der Waals surface area contributed by atoms with Crippen LogP contribution in [-0.2, 0) is 0 Å². The van der Waals surface area contributed by atoms with E-state index in [0.717, 1.165) is 52.4 Å². The summed E-state index contributed by atoms with van der Waals surface area (Å²) < 4.78 is 0. The van der Waals surface area contributed by atoms with Gasteiger partial charge in [0, 0.05) is 52.4 Å². The molecule has 1 aliphatic rings. The molecule has 1 rings (SSSR count). The van der Waals surface area contributed by atoms with Crippen molar-refractivity contribution in [2.24, 2.45) is 0 Å². The highest BCUT2D eigenvalue weighted by atomic mass is 79.9. The van der Waals surface area contributed by atoms with Crippen LogP contribution in [0.15, 0.2) is 0 Å². The summed E-state index contributed by atoms with van der Waals surface area (Å²) >= 11 is 0. The molecule has 4 nitrogen and oxygen atoms in total. The molecule has 13 heavy (non-hydrogen) atoms. The summed E-state index contributed by atoms with van der Waals surface area (Å²) in [5.41, 5.74) is 0. The third-order valence-corrected chi connectivity index (χ3v) is 1.91. The van der Waals surface area contributed by atoms with Crippen LogP contribution in [0.2, 0.25) is 0 Å². The first-order chi connectivity index (χ1) is 6.00. The summed E-state index contributed by atoms with van der Waals surface area (Å²) in [5.74, 6) is 0. The highest BCUT2D eigenvalue weighted by Gasteiger charge is 1.92. The van der Waals surface area contributed by atoms with Crippen LogP contribution in [0.1, 0.15) is 0 Å². The number of hydrogen-bond acceptors (Lipinski definition) is 4. The second-order valence-corrected chi connectivity index (χ2v) is 3.00. The van der Waals surface area contributed by atoms with Gasteiger partial charge in [0.05, 0.1) is 0 Å². The Morgan fingerprint density at radius 3 is 0.692 bits per heavy atom. The molecule has 5 heteroatoms. The Hall–Kier alpha value is 0.320. The molecule has 1 fully saturated rings. The van der Waals surface area contributed by atoms with Crippen LogP contribution >= 0.6 is 17.0 Å². The van der Waals surface area contributed by atoms with Gasteiger partial charge in [0.15, 0.2) is 0 Å². The number of nitrogens with one attached hydrogen (secondary N) is 4. The molecule has 0 atom stereocenters. The minimum atomic E-state index is 0. The van der Waals surface area contributed by atoms with E-state index in [1.54, 1.807) is 0 Å². The van der Waals surface area contributed by atoms with Gasteiger partial charge in [-0.15, -0.1) is 17.0 Å². The SMILES string of the molecule is Br.C1CNCCNCCNCCN1. The summed E-state index contributed by atoms with van der Waals surface area (Å²) in [5, 5.41) is 13.4. The van der Waals surface area contributed by atoms with E-state index in [1.165, 1.54) is 0 Å². The van der Waals surface area contributed by atoms with E-state index in [0.29, 0.717) is 0 Å². The van der Waals surface area contributed by atoms with Gasteiger partial charge >= 0.3 is 0 Å². The fraction of sp³-hybridized carbons (Fsp3) is 1.00. The van der Waals surface area contributed by atoms with Crippen LogP contribution in [0, 0.1) is 0 Å². The molecule has 1 aliphatic heterocycles. The van der Waals surface area contributed by atoms with E-state index in [-0.39, 0.29) is 17.0 Å². The highest BCUT2D eigenvalue weighted by Crippen LogP contribution is 1.65. The average Bonchev–Trinajstić information content (AvgIpc) is 2.05. The van der Waals surface area contributed by atoms with Crippen LogP contribution in [0.3, 0.4) is 0 Å². The predicted octanol–water partition coefficient (Wildman–Crippen LogP) is -1.06. The first-order valence-electron chi connectivity index (χ1n) is 4.83. The molecule has 0 aromatic heterocycles. The van der Waals surface area contributed by atoms with Crippen molar-refractivity contribution in [1.82, 2.24) is 21.3 Å². The van der Waals surface area contributed by atoms with E-state index in [2.05, 4.69) is 21.3 Å². The monoisotopic (exact) mass is 252 g/mol. The predicted molar refractivity (Wildman–Crippen MR) is 61.8 cm³/mol. The Balaban J connectivity index is 0.00000144. The van der Waals surface area contributed by atoms with E-state index < -0.39 is 0 Å². The van der Waals surface area contributed by atoms with Crippen LogP contribution in [0.4, 0.5) is 0 Å². The fourth-order valence-electron chi connectivity index (χ4n) is 1.21. The van der Waals surface area contributed by atoms with Crippen molar-refractivity contribution in [3.63, 3.8) is 0 Å². The molecule has 0 aliphatic carbocycles. The van der Waals surface area contributed by atoms with Crippen molar-refractivity contribution in [3.05, 3.63) is 0 Å². The van der Waals surface area contributed by atoms with Gasteiger partial charge in [-0.25, -0.2) is 0 Å². The molecule has 0 radical (unpaired) electrons. The van der Waals surface area contributed by atoms with Gasteiger partial charge in [0.2, 0.25) is 0 Å². The first-order valence-corrected chi connectivity index (χ1v) is 4.83. The van der Waals surface area contributed by atoms with Gasteiger partial charge in [0.25, 0.3) is 0 Å². The average molecular weight is 253 g/mol. The topological polar surface area (TPSA) is 48.1 Å². The molecule has 80 valence electrons. The standard InChI is InChI=1S/C8H20N4.BrH/c1-2-10-5-6-12-8-7-11-4-3-9-1;/h9-12H,1-8H2;1H. The summed E-state index contributed by atoms with van der Waals surface area (Å²) in [6.45, 7) is 8.57.